The maximum atomic E-state index is 12.5. The molecular weight excluding hydrogens is 376 g/mol. The zero-order valence-corrected chi connectivity index (χ0v) is 16.3. The predicted molar refractivity (Wildman–Crippen MR) is 111 cm³/mol. The predicted octanol–water partition coefficient (Wildman–Crippen LogP) is 3.42. The number of hydrogen-bond donors (Lipinski definition) is 1. The maximum Gasteiger partial charge on any atom is 0.258 e. The molecule has 0 saturated heterocycles. The molecule has 0 atom stereocenters. The molecular formula is C21H20N2O4S. The molecule has 1 aliphatic rings. The Morgan fingerprint density at radius 3 is 2.68 bits per heavy atom. The van der Waals surface area contributed by atoms with E-state index in [1.165, 1.54) is 4.57 Å². The Kier molecular flexibility index (Phi) is 4.47. The van der Waals surface area contributed by atoms with Crippen LogP contribution in [0.3, 0.4) is 0 Å². The molecule has 0 aliphatic carbocycles. The van der Waals surface area contributed by atoms with Gasteiger partial charge in [-0.25, -0.2) is 8.42 Å². The SMILES string of the molecule is C=CS(=O)(=O)Nc1cc2c(c(-c3cn(C)c(=O)c4ccccc34)c1)OCCC2. The molecule has 0 fully saturated rings. The molecule has 4 rings (SSSR count). The van der Waals surface area contributed by atoms with Crippen molar-refractivity contribution in [2.24, 2.45) is 7.05 Å². The molecule has 2 aromatic carbocycles. The number of aryl methyl sites for hydroxylation is 2. The maximum absolute atomic E-state index is 12.5. The molecule has 0 amide bonds. The lowest BCUT2D eigenvalue weighted by atomic mass is 9.94. The number of rotatable bonds is 4. The van der Waals surface area contributed by atoms with Crippen molar-refractivity contribution in [1.29, 1.82) is 0 Å². The van der Waals surface area contributed by atoms with Crippen LogP contribution in [0.2, 0.25) is 0 Å². The standard InChI is InChI=1S/C21H20N2O4S/c1-3-28(25,26)22-15-11-14-7-6-10-27-20(14)18(12-15)19-13-23(2)21(24)17-9-5-4-8-16(17)19/h3-5,8-9,11-13,22H,1,6-7,10H2,2H3. The fraction of sp³-hybridized carbons (Fsp3) is 0.190. The van der Waals surface area contributed by atoms with E-state index in [-0.39, 0.29) is 5.56 Å². The number of nitrogens with zero attached hydrogens (tertiary/aromatic N) is 1. The van der Waals surface area contributed by atoms with Crippen LogP contribution in [-0.4, -0.2) is 19.6 Å². The van der Waals surface area contributed by atoms with E-state index < -0.39 is 10.0 Å². The summed E-state index contributed by atoms with van der Waals surface area (Å²) in [5.41, 5.74) is 2.86. The van der Waals surface area contributed by atoms with Crippen molar-refractivity contribution in [1.82, 2.24) is 4.57 Å². The van der Waals surface area contributed by atoms with Crippen molar-refractivity contribution in [2.45, 2.75) is 12.8 Å². The Hall–Kier alpha value is -3.06. The molecule has 144 valence electrons. The van der Waals surface area contributed by atoms with Crippen LogP contribution in [0.25, 0.3) is 21.9 Å². The number of anilines is 1. The zero-order chi connectivity index (χ0) is 19.9. The number of pyridine rings is 1. The van der Waals surface area contributed by atoms with Crippen molar-refractivity contribution in [3.05, 3.63) is 70.5 Å². The summed E-state index contributed by atoms with van der Waals surface area (Å²) in [6.45, 7) is 3.94. The van der Waals surface area contributed by atoms with Gasteiger partial charge in [0.25, 0.3) is 15.6 Å². The Morgan fingerprint density at radius 1 is 1.18 bits per heavy atom. The molecule has 0 spiro atoms. The smallest absolute Gasteiger partial charge is 0.258 e. The highest BCUT2D eigenvalue weighted by Gasteiger charge is 2.21. The second-order valence-corrected chi connectivity index (χ2v) is 8.41. The number of fused-ring (bicyclic) bond motifs is 2. The van der Waals surface area contributed by atoms with Gasteiger partial charge in [0.05, 0.1) is 6.61 Å². The second-order valence-electron chi connectivity index (χ2n) is 6.78. The highest BCUT2D eigenvalue weighted by atomic mass is 32.2. The first-order valence-corrected chi connectivity index (χ1v) is 10.5. The minimum absolute atomic E-state index is 0.0855. The first kappa shape index (κ1) is 18.3. The summed E-state index contributed by atoms with van der Waals surface area (Å²) < 4.78 is 34.0. The van der Waals surface area contributed by atoms with Gasteiger partial charge in [-0.3, -0.25) is 9.52 Å². The van der Waals surface area contributed by atoms with Crippen LogP contribution in [0.5, 0.6) is 5.75 Å². The largest absolute Gasteiger partial charge is 0.493 e. The summed E-state index contributed by atoms with van der Waals surface area (Å²) in [5.74, 6) is 0.733. The van der Waals surface area contributed by atoms with Gasteiger partial charge < -0.3 is 9.30 Å². The van der Waals surface area contributed by atoms with Gasteiger partial charge in [0.2, 0.25) is 0 Å². The topological polar surface area (TPSA) is 77.4 Å². The minimum atomic E-state index is -3.64. The lowest BCUT2D eigenvalue weighted by Crippen LogP contribution is -2.17. The van der Waals surface area contributed by atoms with Gasteiger partial charge in [-0.05, 0) is 42.0 Å². The van der Waals surface area contributed by atoms with Crippen molar-refractivity contribution >= 4 is 26.5 Å². The first-order valence-electron chi connectivity index (χ1n) is 8.93. The Morgan fingerprint density at radius 2 is 1.93 bits per heavy atom. The third kappa shape index (κ3) is 3.18. The molecule has 1 N–H and O–H groups in total. The van der Waals surface area contributed by atoms with Crippen molar-refractivity contribution in [3.63, 3.8) is 0 Å². The number of hydrogen-bond acceptors (Lipinski definition) is 4. The molecule has 0 saturated carbocycles. The van der Waals surface area contributed by atoms with E-state index in [4.69, 9.17) is 4.74 Å². The number of ether oxygens (including phenoxy) is 1. The third-order valence-corrected chi connectivity index (χ3v) is 5.82. The van der Waals surface area contributed by atoms with Crippen molar-refractivity contribution in [3.8, 4) is 16.9 Å². The lowest BCUT2D eigenvalue weighted by Gasteiger charge is -2.23. The van der Waals surface area contributed by atoms with E-state index >= 15 is 0 Å². The van der Waals surface area contributed by atoms with E-state index in [0.717, 1.165) is 46.1 Å². The van der Waals surface area contributed by atoms with Gasteiger partial charge in [0.1, 0.15) is 5.75 Å². The Bertz CT molecular complexity index is 1260. The molecule has 1 aliphatic heterocycles. The minimum Gasteiger partial charge on any atom is -0.493 e. The first-order chi connectivity index (χ1) is 13.4. The van der Waals surface area contributed by atoms with Crippen LogP contribution in [0.15, 0.2) is 59.4 Å². The van der Waals surface area contributed by atoms with Crippen LogP contribution in [0, 0.1) is 0 Å². The zero-order valence-electron chi connectivity index (χ0n) is 15.4. The lowest BCUT2D eigenvalue weighted by molar-refractivity contribution is 0.290. The summed E-state index contributed by atoms with van der Waals surface area (Å²) in [6, 6.07) is 10.9. The average Bonchev–Trinajstić information content (AvgIpc) is 2.70. The molecule has 0 unspecified atom stereocenters. The van der Waals surface area contributed by atoms with Gasteiger partial charge in [0, 0.05) is 40.9 Å². The Labute approximate surface area is 163 Å². The van der Waals surface area contributed by atoms with Crippen LogP contribution < -0.4 is 15.0 Å². The van der Waals surface area contributed by atoms with Crippen LogP contribution in [0.4, 0.5) is 5.69 Å². The van der Waals surface area contributed by atoms with Crippen LogP contribution in [-0.2, 0) is 23.5 Å². The van der Waals surface area contributed by atoms with E-state index in [9.17, 15) is 13.2 Å². The van der Waals surface area contributed by atoms with E-state index in [1.807, 2.05) is 18.2 Å². The molecule has 3 aromatic rings. The van der Waals surface area contributed by atoms with Gasteiger partial charge in [-0.15, -0.1) is 0 Å². The fourth-order valence-electron chi connectivity index (χ4n) is 3.58. The third-order valence-electron chi connectivity index (χ3n) is 4.86. The normalized spacial score (nSPS) is 13.6. The summed E-state index contributed by atoms with van der Waals surface area (Å²) >= 11 is 0. The van der Waals surface area contributed by atoms with Crippen LogP contribution in [0.1, 0.15) is 12.0 Å². The summed E-state index contributed by atoms with van der Waals surface area (Å²) in [7, 11) is -1.93. The average molecular weight is 396 g/mol. The van der Waals surface area contributed by atoms with Gasteiger partial charge in [-0.2, -0.15) is 0 Å². The number of sulfonamides is 1. The molecule has 2 heterocycles. The number of benzene rings is 2. The van der Waals surface area contributed by atoms with E-state index in [0.29, 0.717) is 17.7 Å². The molecule has 0 radical (unpaired) electrons. The van der Waals surface area contributed by atoms with Crippen LogP contribution >= 0.6 is 0 Å². The number of aromatic nitrogens is 1. The van der Waals surface area contributed by atoms with Crippen molar-refractivity contribution in [2.75, 3.05) is 11.3 Å². The van der Waals surface area contributed by atoms with Gasteiger partial charge in [0.15, 0.2) is 0 Å². The summed E-state index contributed by atoms with van der Waals surface area (Å²) in [5, 5.41) is 2.28. The highest BCUT2D eigenvalue weighted by molar-refractivity contribution is 7.95. The molecule has 6 nitrogen and oxygen atoms in total. The molecule has 7 heteroatoms. The Balaban J connectivity index is 2.02. The second kappa shape index (κ2) is 6.83. The fourth-order valence-corrected chi connectivity index (χ4v) is 4.11. The molecule has 28 heavy (non-hydrogen) atoms. The monoisotopic (exact) mass is 396 g/mol. The van der Waals surface area contributed by atoms with Gasteiger partial charge in [-0.1, -0.05) is 24.8 Å². The molecule has 0 bridgehead atoms. The van der Waals surface area contributed by atoms with Crippen molar-refractivity contribution < 1.29 is 13.2 Å². The molecule has 1 aromatic heterocycles. The van der Waals surface area contributed by atoms with E-state index in [1.54, 1.807) is 31.4 Å². The number of nitrogens with one attached hydrogen (secondary N) is 1. The quantitative estimate of drug-likeness (QED) is 0.733. The summed E-state index contributed by atoms with van der Waals surface area (Å²) in [4.78, 5) is 12.5. The highest BCUT2D eigenvalue weighted by Crippen LogP contribution is 2.41. The van der Waals surface area contributed by atoms with Gasteiger partial charge >= 0.3 is 0 Å². The van der Waals surface area contributed by atoms with E-state index in [2.05, 4.69) is 11.3 Å². The summed E-state index contributed by atoms with van der Waals surface area (Å²) in [6.07, 6.45) is 3.41.